The van der Waals surface area contributed by atoms with Crippen molar-refractivity contribution in [1.29, 1.82) is 0 Å². The van der Waals surface area contributed by atoms with Crippen molar-refractivity contribution >= 4 is 17.7 Å². The molecular formula is C12H22O2S. The smallest absolute Gasteiger partial charge is 0.186 e. The predicted octanol–water partition coefficient (Wildman–Crippen LogP) is 2.66. The number of carbonyl (C=O) groups is 1. The Bertz CT molecular complexity index is 232. The summed E-state index contributed by atoms with van der Waals surface area (Å²) < 4.78 is 0. The molecule has 15 heavy (non-hydrogen) atoms. The lowest BCUT2D eigenvalue weighted by Crippen LogP contribution is -2.37. The molecule has 0 bridgehead atoms. The summed E-state index contributed by atoms with van der Waals surface area (Å²) in [6.45, 7) is 5.93. The van der Waals surface area contributed by atoms with Crippen molar-refractivity contribution in [1.82, 2.24) is 0 Å². The van der Waals surface area contributed by atoms with Crippen LogP contribution in [0.2, 0.25) is 0 Å². The zero-order chi connectivity index (χ0) is 11.6. The zero-order valence-corrected chi connectivity index (χ0v) is 10.8. The van der Waals surface area contributed by atoms with E-state index in [9.17, 15) is 9.90 Å². The van der Waals surface area contributed by atoms with Crippen LogP contribution >= 0.6 is 12.6 Å². The summed E-state index contributed by atoms with van der Waals surface area (Å²) in [5.74, 6) is 1.31. The maximum Gasteiger partial charge on any atom is 0.186 e. The molecule has 0 heterocycles. The van der Waals surface area contributed by atoms with Gasteiger partial charge in [0.2, 0.25) is 0 Å². The number of aliphatic hydroxyl groups is 1. The Hall–Kier alpha value is -0.0200. The molecule has 0 aromatic heterocycles. The largest absolute Gasteiger partial charge is 0.390 e. The monoisotopic (exact) mass is 230 g/mol. The molecule has 2 nitrogen and oxygen atoms in total. The van der Waals surface area contributed by atoms with Gasteiger partial charge in [-0.05, 0) is 44.4 Å². The lowest BCUT2D eigenvalue weighted by Gasteiger charge is -2.39. The zero-order valence-electron chi connectivity index (χ0n) is 9.86. The number of rotatable bonds is 3. The van der Waals surface area contributed by atoms with Gasteiger partial charge in [-0.25, -0.2) is 0 Å². The second-order valence-electron chi connectivity index (χ2n) is 5.50. The highest BCUT2D eigenvalue weighted by Gasteiger charge is 2.35. The maximum absolute atomic E-state index is 11.0. The van der Waals surface area contributed by atoms with Crippen molar-refractivity contribution in [2.75, 3.05) is 0 Å². The topological polar surface area (TPSA) is 37.3 Å². The minimum absolute atomic E-state index is 0.0248. The first kappa shape index (κ1) is 13.0. The van der Waals surface area contributed by atoms with Gasteiger partial charge in [0.15, 0.2) is 5.12 Å². The van der Waals surface area contributed by atoms with E-state index in [1.807, 2.05) is 13.8 Å². The lowest BCUT2D eigenvalue weighted by atomic mass is 9.69. The van der Waals surface area contributed by atoms with Gasteiger partial charge in [-0.1, -0.05) is 13.3 Å². The summed E-state index contributed by atoms with van der Waals surface area (Å²) in [4.78, 5) is 11.0. The Morgan fingerprint density at radius 1 is 1.47 bits per heavy atom. The fourth-order valence-electron chi connectivity index (χ4n) is 2.57. The van der Waals surface area contributed by atoms with Crippen LogP contribution in [0.5, 0.6) is 0 Å². The standard InChI is InChI=1S/C12H22O2S/c1-8-4-5-10(12(2,3)14)6-9(8)7-11(13)15/h8-10,14H,4-7H2,1-3H3,(H,13,15). The van der Waals surface area contributed by atoms with E-state index in [-0.39, 0.29) is 5.12 Å². The maximum atomic E-state index is 11.0. The van der Waals surface area contributed by atoms with Crippen LogP contribution in [-0.2, 0) is 4.79 Å². The minimum Gasteiger partial charge on any atom is -0.390 e. The molecule has 0 amide bonds. The summed E-state index contributed by atoms with van der Waals surface area (Å²) in [6, 6.07) is 0. The molecule has 1 fully saturated rings. The second-order valence-corrected chi connectivity index (χ2v) is 6.00. The molecular weight excluding hydrogens is 208 g/mol. The molecule has 1 rings (SSSR count). The van der Waals surface area contributed by atoms with Crippen LogP contribution in [0.1, 0.15) is 46.5 Å². The highest BCUT2D eigenvalue weighted by atomic mass is 32.1. The van der Waals surface area contributed by atoms with Crippen LogP contribution < -0.4 is 0 Å². The van der Waals surface area contributed by atoms with Crippen LogP contribution in [0.4, 0.5) is 0 Å². The first-order chi connectivity index (χ1) is 6.80. The van der Waals surface area contributed by atoms with Gasteiger partial charge in [-0.2, -0.15) is 0 Å². The van der Waals surface area contributed by atoms with Gasteiger partial charge in [0.25, 0.3) is 0 Å². The molecule has 1 N–H and O–H groups in total. The molecule has 0 saturated heterocycles. The van der Waals surface area contributed by atoms with Crippen molar-refractivity contribution in [3.63, 3.8) is 0 Å². The SMILES string of the molecule is CC1CCC(C(C)(C)O)CC1CC(=O)S. The molecule has 88 valence electrons. The number of hydrogen-bond acceptors (Lipinski definition) is 2. The van der Waals surface area contributed by atoms with Gasteiger partial charge in [-0.3, -0.25) is 4.79 Å². The highest BCUT2D eigenvalue weighted by molar-refractivity contribution is 7.96. The highest BCUT2D eigenvalue weighted by Crippen LogP contribution is 2.40. The summed E-state index contributed by atoms with van der Waals surface area (Å²) in [5, 5.41) is 9.95. The second kappa shape index (κ2) is 4.88. The summed E-state index contributed by atoms with van der Waals surface area (Å²) in [7, 11) is 0. The van der Waals surface area contributed by atoms with Gasteiger partial charge in [-0.15, -0.1) is 12.6 Å². The van der Waals surface area contributed by atoms with Gasteiger partial charge in [0.05, 0.1) is 5.60 Å². The Morgan fingerprint density at radius 2 is 2.07 bits per heavy atom. The van der Waals surface area contributed by atoms with Crippen molar-refractivity contribution in [2.45, 2.75) is 52.1 Å². The van der Waals surface area contributed by atoms with E-state index in [0.29, 0.717) is 24.2 Å². The van der Waals surface area contributed by atoms with Crippen molar-refractivity contribution in [3.8, 4) is 0 Å². The predicted molar refractivity (Wildman–Crippen MR) is 64.9 cm³/mol. The average Bonchev–Trinajstić information content (AvgIpc) is 2.06. The summed E-state index contributed by atoms with van der Waals surface area (Å²) in [6.07, 6.45) is 3.69. The Morgan fingerprint density at radius 3 is 2.53 bits per heavy atom. The average molecular weight is 230 g/mol. The van der Waals surface area contributed by atoms with Crippen LogP contribution in [-0.4, -0.2) is 15.8 Å². The van der Waals surface area contributed by atoms with Crippen LogP contribution in [0, 0.1) is 17.8 Å². The van der Waals surface area contributed by atoms with E-state index in [0.717, 1.165) is 19.3 Å². The molecule has 3 atom stereocenters. The molecule has 0 radical (unpaired) electrons. The number of thiol groups is 1. The van der Waals surface area contributed by atoms with Crippen molar-refractivity contribution < 1.29 is 9.90 Å². The van der Waals surface area contributed by atoms with E-state index in [1.54, 1.807) is 0 Å². The van der Waals surface area contributed by atoms with Gasteiger partial charge < -0.3 is 5.11 Å². The number of carbonyl (C=O) groups excluding carboxylic acids is 1. The van der Waals surface area contributed by atoms with Crippen LogP contribution in [0.25, 0.3) is 0 Å². The molecule has 1 aliphatic rings. The molecule has 0 spiro atoms. The number of hydrogen-bond donors (Lipinski definition) is 2. The van der Waals surface area contributed by atoms with Gasteiger partial charge in [0.1, 0.15) is 0 Å². The molecule has 1 saturated carbocycles. The molecule has 0 aromatic carbocycles. The van der Waals surface area contributed by atoms with E-state index in [1.165, 1.54) is 0 Å². The quantitative estimate of drug-likeness (QED) is 0.731. The lowest BCUT2D eigenvalue weighted by molar-refractivity contribution is -0.113. The van der Waals surface area contributed by atoms with Crippen molar-refractivity contribution in [3.05, 3.63) is 0 Å². The van der Waals surface area contributed by atoms with E-state index < -0.39 is 5.60 Å². The van der Waals surface area contributed by atoms with Gasteiger partial charge in [0, 0.05) is 6.42 Å². The van der Waals surface area contributed by atoms with E-state index in [4.69, 9.17) is 0 Å². The molecule has 1 aliphatic carbocycles. The fourth-order valence-corrected chi connectivity index (χ4v) is 2.80. The fraction of sp³-hybridized carbons (Fsp3) is 0.917. The van der Waals surface area contributed by atoms with Crippen LogP contribution in [0.3, 0.4) is 0 Å². The molecule has 3 heteroatoms. The van der Waals surface area contributed by atoms with Crippen LogP contribution in [0.15, 0.2) is 0 Å². The first-order valence-corrected chi connectivity index (χ1v) is 6.19. The Kier molecular flexibility index (Phi) is 4.24. The molecule has 0 aliphatic heterocycles. The first-order valence-electron chi connectivity index (χ1n) is 5.75. The normalized spacial score (nSPS) is 32.7. The summed E-state index contributed by atoms with van der Waals surface area (Å²) in [5.41, 5.74) is -0.613. The third kappa shape index (κ3) is 3.80. The third-order valence-corrected chi connectivity index (χ3v) is 3.98. The summed E-state index contributed by atoms with van der Waals surface area (Å²) >= 11 is 3.85. The molecule has 3 unspecified atom stereocenters. The van der Waals surface area contributed by atoms with E-state index in [2.05, 4.69) is 19.6 Å². The third-order valence-electron chi connectivity index (χ3n) is 3.80. The Labute approximate surface area is 97.9 Å². The van der Waals surface area contributed by atoms with E-state index >= 15 is 0 Å². The minimum atomic E-state index is -0.613. The Balaban J connectivity index is 2.60. The van der Waals surface area contributed by atoms with Gasteiger partial charge >= 0.3 is 0 Å². The molecule has 0 aromatic rings. The van der Waals surface area contributed by atoms with Crippen molar-refractivity contribution in [2.24, 2.45) is 17.8 Å².